The first-order valence-corrected chi connectivity index (χ1v) is 14.1. The molecular weight excluding hydrogens is 454 g/mol. The summed E-state index contributed by atoms with van der Waals surface area (Å²) in [5.41, 5.74) is 1.28. The van der Waals surface area contributed by atoms with Crippen LogP contribution in [0.5, 0.6) is 0 Å². The van der Waals surface area contributed by atoms with E-state index in [1.165, 1.54) is 25.8 Å². The molecule has 0 bridgehead atoms. The summed E-state index contributed by atoms with van der Waals surface area (Å²) in [4.78, 5) is 34.6. The fourth-order valence-electron chi connectivity index (χ4n) is 6.39. The number of nitrogens with one attached hydrogen (secondary N) is 1. The summed E-state index contributed by atoms with van der Waals surface area (Å²) in [6, 6.07) is 3.93. The van der Waals surface area contributed by atoms with Crippen molar-refractivity contribution in [2.75, 3.05) is 45.8 Å². The van der Waals surface area contributed by atoms with Crippen LogP contribution in [0.3, 0.4) is 0 Å². The minimum absolute atomic E-state index is 0.0214. The van der Waals surface area contributed by atoms with Gasteiger partial charge in [0.2, 0.25) is 5.91 Å². The summed E-state index contributed by atoms with van der Waals surface area (Å²) in [7, 11) is 0. The summed E-state index contributed by atoms with van der Waals surface area (Å²) in [6.07, 6.45) is 10.6. The third kappa shape index (κ3) is 5.07. The maximum Gasteiger partial charge on any atom is 0.271 e. The lowest BCUT2D eigenvalue weighted by atomic mass is 9.93. The molecule has 1 N–H and O–H groups in total. The summed E-state index contributed by atoms with van der Waals surface area (Å²) in [6.45, 7) is 11.7. The fraction of sp³-hybridized carbons (Fsp3) is 0.714. The molecule has 0 aromatic carbocycles. The fourth-order valence-corrected chi connectivity index (χ4v) is 6.39. The van der Waals surface area contributed by atoms with Gasteiger partial charge in [0.15, 0.2) is 5.58 Å². The quantitative estimate of drug-likeness (QED) is 0.563. The second-order valence-corrected chi connectivity index (χ2v) is 11.2. The lowest BCUT2D eigenvalue weighted by Gasteiger charge is -2.45. The second-order valence-electron chi connectivity index (χ2n) is 11.2. The third-order valence-corrected chi connectivity index (χ3v) is 8.59. The Labute approximate surface area is 214 Å². The average Bonchev–Trinajstić information content (AvgIpc) is 3.37. The van der Waals surface area contributed by atoms with E-state index in [4.69, 9.17) is 4.42 Å². The van der Waals surface area contributed by atoms with Crippen molar-refractivity contribution in [3.63, 3.8) is 0 Å². The molecule has 1 unspecified atom stereocenters. The second kappa shape index (κ2) is 11.0. The van der Waals surface area contributed by atoms with Gasteiger partial charge in [0.05, 0.1) is 18.3 Å². The summed E-state index contributed by atoms with van der Waals surface area (Å²) < 4.78 is 7.59. The molecule has 8 heteroatoms. The average molecular weight is 498 g/mol. The van der Waals surface area contributed by atoms with Crippen LogP contribution in [0.15, 0.2) is 22.8 Å². The van der Waals surface area contributed by atoms with Crippen LogP contribution < -0.4 is 5.32 Å². The van der Waals surface area contributed by atoms with Gasteiger partial charge in [0.25, 0.3) is 5.91 Å². The van der Waals surface area contributed by atoms with Crippen molar-refractivity contribution in [2.24, 2.45) is 0 Å². The van der Waals surface area contributed by atoms with E-state index in [-0.39, 0.29) is 17.9 Å². The van der Waals surface area contributed by atoms with Crippen molar-refractivity contribution in [1.82, 2.24) is 24.6 Å². The molecule has 1 aliphatic carbocycles. The lowest BCUT2D eigenvalue weighted by molar-refractivity contribution is -0.133. The van der Waals surface area contributed by atoms with Gasteiger partial charge in [-0.2, -0.15) is 0 Å². The molecule has 36 heavy (non-hydrogen) atoms. The highest BCUT2D eigenvalue weighted by atomic mass is 16.3. The first kappa shape index (κ1) is 25.3. The van der Waals surface area contributed by atoms with Gasteiger partial charge in [0, 0.05) is 50.9 Å². The number of carbonyl (C=O) groups excluding carboxylic acids is 2. The molecule has 1 saturated carbocycles. The number of fused-ring (bicyclic) bond motifs is 3. The highest BCUT2D eigenvalue weighted by Gasteiger charge is 2.48. The van der Waals surface area contributed by atoms with Crippen LogP contribution in [-0.2, 0) is 11.3 Å². The minimum atomic E-state index is -0.931. The Balaban J connectivity index is 1.31. The standard InChI is InChI=1S/C28H43N5O3/c1-3-12-30-15-17-31(18-16-30)13-8-14-33-26(34)24-20-25-23(11-19-36-25)32(24)21-28(33,2)27(35)29-22-9-6-4-5-7-10-22/h11,19-20,22H,3-10,12-18,21H2,1-2H3,(H,29,35). The zero-order valence-electron chi connectivity index (χ0n) is 22.1. The van der Waals surface area contributed by atoms with Crippen molar-refractivity contribution in [1.29, 1.82) is 0 Å². The van der Waals surface area contributed by atoms with E-state index < -0.39 is 5.54 Å². The molecule has 2 fully saturated rings. The third-order valence-electron chi connectivity index (χ3n) is 8.59. The van der Waals surface area contributed by atoms with Crippen molar-refractivity contribution in [2.45, 2.75) is 83.3 Å². The topological polar surface area (TPSA) is 74.0 Å². The maximum absolute atomic E-state index is 13.9. The Bertz CT molecular complexity index is 1040. The number of carbonyl (C=O) groups is 2. The van der Waals surface area contributed by atoms with Crippen molar-refractivity contribution in [3.8, 4) is 0 Å². The van der Waals surface area contributed by atoms with Crippen molar-refractivity contribution in [3.05, 3.63) is 24.1 Å². The Hall–Kier alpha value is -2.32. The number of furan rings is 1. The maximum atomic E-state index is 13.9. The molecule has 198 valence electrons. The zero-order valence-corrected chi connectivity index (χ0v) is 22.1. The Kier molecular flexibility index (Phi) is 7.72. The van der Waals surface area contributed by atoms with Gasteiger partial charge in [-0.15, -0.1) is 0 Å². The van der Waals surface area contributed by atoms with E-state index in [9.17, 15) is 9.59 Å². The van der Waals surface area contributed by atoms with E-state index in [1.54, 1.807) is 6.26 Å². The molecule has 5 rings (SSSR count). The monoisotopic (exact) mass is 497 g/mol. The van der Waals surface area contributed by atoms with Gasteiger partial charge < -0.3 is 29.0 Å². The number of aromatic nitrogens is 1. The van der Waals surface area contributed by atoms with E-state index in [0.29, 0.717) is 24.4 Å². The number of amides is 2. The molecule has 2 aromatic heterocycles. The Morgan fingerprint density at radius 2 is 1.75 bits per heavy atom. The van der Waals surface area contributed by atoms with Crippen LogP contribution in [0.4, 0.5) is 0 Å². The van der Waals surface area contributed by atoms with E-state index in [1.807, 2.05) is 28.5 Å². The summed E-state index contributed by atoms with van der Waals surface area (Å²) in [5.74, 6) is -0.0918. The van der Waals surface area contributed by atoms with Crippen molar-refractivity contribution < 1.29 is 14.0 Å². The van der Waals surface area contributed by atoms with Crippen LogP contribution in [0.1, 0.15) is 75.7 Å². The van der Waals surface area contributed by atoms with Crippen LogP contribution in [0, 0.1) is 0 Å². The zero-order chi connectivity index (χ0) is 25.1. The highest BCUT2D eigenvalue weighted by molar-refractivity contribution is 6.02. The molecule has 2 aromatic rings. The van der Waals surface area contributed by atoms with Gasteiger partial charge in [-0.3, -0.25) is 9.59 Å². The molecular formula is C28H43N5O3. The van der Waals surface area contributed by atoms with Gasteiger partial charge in [-0.25, -0.2) is 0 Å². The number of piperazine rings is 1. The van der Waals surface area contributed by atoms with E-state index in [2.05, 4.69) is 22.0 Å². The number of hydrogen-bond donors (Lipinski definition) is 1. The normalized spacial score (nSPS) is 24.7. The lowest BCUT2D eigenvalue weighted by Crippen LogP contribution is -2.65. The van der Waals surface area contributed by atoms with Crippen LogP contribution in [-0.4, -0.2) is 88.5 Å². The summed E-state index contributed by atoms with van der Waals surface area (Å²) >= 11 is 0. The predicted octanol–water partition coefficient (Wildman–Crippen LogP) is 3.71. The molecule has 0 radical (unpaired) electrons. The van der Waals surface area contributed by atoms with E-state index >= 15 is 0 Å². The first-order valence-electron chi connectivity index (χ1n) is 14.1. The van der Waals surface area contributed by atoms with Crippen LogP contribution in [0.2, 0.25) is 0 Å². The largest absolute Gasteiger partial charge is 0.463 e. The molecule has 1 saturated heterocycles. The smallest absolute Gasteiger partial charge is 0.271 e. The van der Waals surface area contributed by atoms with Gasteiger partial charge in [-0.05, 0) is 45.7 Å². The number of nitrogens with zero attached hydrogens (tertiary/aromatic N) is 4. The molecule has 0 spiro atoms. The van der Waals surface area contributed by atoms with Crippen LogP contribution in [0.25, 0.3) is 11.1 Å². The minimum Gasteiger partial charge on any atom is -0.463 e. The summed E-state index contributed by atoms with van der Waals surface area (Å²) in [5, 5.41) is 3.36. The van der Waals surface area contributed by atoms with Crippen molar-refractivity contribution >= 4 is 22.9 Å². The molecule has 3 aliphatic rings. The van der Waals surface area contributed by atoms with Crippen LogP contribution >= 0.6 is 0 Å². The highest BCUT2D eigenvalue weighted by Crippen LogP contribution is 2.33. The van der Waals surface area contributed by atoms with Gasteiger partial charge in [-0.1, -0.05) is 32.6 Å². The predicted molar refractivity (Wildman–Crippen MR) is 141 cm³/mol. The molecule has 1 atom stereocenters. The SMILES string of the molecule is CCCN1CCN(CCCN2C(=O)c3cc4occc4n3CC2(C)C(=O)NC2CCCCCC2)CC1. The Morgan fingerprint density at radius 1 is 1.06 bits per heavy atom. The van der Waals surface area contributed by atoms with Gasteiger partial charge >= 0.3 is 0 Å². The van der Waals surface area contributed by atoms with Gasteiger partial charge in [0.1, 0.15) is 11.2 Å². The molecule has 2 aliphatic heterocycles. The first-order chi connectivity index (χ1) is 17.5. The molecule has 8 nitrogen and oxygen atoms in total. The Morgan fingerprint density at radius 3 is 2.44 bits per heavy atom. The van der Waals surface area contributed by atoms with E-state index in [0.717, 1.165) is 70.3 Å². The molecule has 4 heterocycles. The number of rotatable bonds is 8. The number of hydrogen-bond acceptors (Lipinski definition) is 5. The molecule has 2 amide bonds.